The fourth-order valence-electron chi connectivity index (χ4n) is 1.86. The van der Waals surface area contributed by atoms with Crippen molar-refractivity contribution in [2.24, 2.45) is 0 Å². The van der Waals surface area contributed by atoms with Gasteiger partial charge in [0.05, 0.1) is 11.7 Å². The summed E-state index contributed by atoms with van der Waals surface area (Å²) in [6, 6.07) is 6.09. The molecule has 0 amide bonds. The van der Waals surface area contributed by atoms with Gasteiger partial charge in [-0.1, -0.05) is 6.42 Å². The van der Waals surface area contributed by atoms with Crippen molar-refractivity contribution in [1.29, 1.82) is 0 Å². The van der Waals surface area contributed by atoms with Gasteiger partial charge in [0.1, 0.15) is 5.75 Å². The average molecular weight is 280 g/mol. The molecule has 0 heterocycles. The van der Waals surface area contributed by atoms with Crippen LogP contribution in [0.1, 0.15) is 49.9 Å². The van der Waals surface area contributed by atoms with Crippen LogP contribution in [0.15, 0.2) is 24.3 Å². The molecule has 0 unspecified atom stereocenters. The first-order valence-electron chi connectivity index (χ1n) is 7.21. The normalized spacial score (nSPS) is 12.1. The number of aromatic hydroxyl groups is 1. The molecule has 20 heavy (non-hydrogen) atoms. The van der Waals surface area contributed by atoms with Crippen LogP contribution in [-0.4, -0.2) is 30.4 Å². The van der Waals surface area contributed by atoms with E-state index in [2.05, 4.69) is 0 Å². The average Bonchev–Trinajstić information content (AvgIpc) is 2.43. The van der Waals surface area contributed by atoms with Crippen LogP contribution in [0.3, 0.4) is 0 Å². The van der Waals surface area contributed by atoms with E-state index in [0.29, 0.717) is 5.56 Å². The van der Waals surface area contributed by atoms with Crippen molar-refractivity contribution in [2.45, 2.75) is 45.6 Å². The maximum atomic E-state index is 11.8. The van der Waals surface area contributed by atoms with Crippen LogP contribution >= 0.6 is 0 Å². The van der Waals surface area contributed by atoms with Gasteiger partial charge in [-0.25, -0.2) is 4.79 Å². The van der Waals surface area contributed by atoms with Gasteiger partial charge >= 0.3 is 5.97 Å². The molecule has 0 saturated carbocycles. The van der Waals surface area contributed by atoms with E-state index in [9.17, 15) is 4.79 Å². The standard InChI is InChI=1S/C16H24O4/c1-3-19-12-6-4-5-7-13(2)20-16(18)14-8-10-15(17)11-9-14/h8-11,13,17H,3-7,12H2,1-2H3/t13-/m0/s1. The molecule has 1 atom stereocenters. The number of hydrogen-bond donors (Lipinski definition) is 1. The minimum atomic E-state index is -0.341. The quantitative estimate of drug-likeness (QED) is 0.555. The zero-order chi connectivity index (χ0) is 14.8. The van der Waals surface area contributed by atoms with E-state index in [4.69, 9.17) is 14.6 Å². The van der Waals surface area contributed by atoms with Crippen LogP contribution in [0.5, 0.6) is 5.75 Å². The number of unbranched alkanes of at least 4 members (excludes halogenated alkanes) is 2. The van der Waals surface area contributed by atoms with Crippen LogP contribution in [0, 0.1) is 0 Å². The van der Waals surface area contributed by atoms with Gasteiger partial charge in [-0.15, -0.1) is 0 Å². The van der Waals surface area contributed by atoms with E-state index in [0.717, 1.165) is 38.9 Å². The molecule has 0 fully saturated rings. The summed E-state index contributed by atoms with van der Waals surface area (Å²) in [5.74, 6) is -0.198. The van der Waals surface area contributed by atoms with Crippen molar-refractivity contribution in [3.63, 3.8) is 0 Å². The minimum absolute atomic E-state index is 0.0941. The van der Waals surface area contributed by atoms with Gasteiger partial charge in [-0.2, -0.15) is 0 Å². The Hall–Kier alpha value is -1.55. The summed E-state index contributed by atoms with van der Waals surface area (Å²) in [5, 5.41) is 9.16. The minimum Gasteiger partial charge on any atom is -0.508 e. The lowest BCUT2D eigenvalue weighted by molar-refractivity contribution is 0.0317. The van der Waals surface area contributed by atoms with E-state index < -0.39 is 0 Å². The van der Waals surface area contributed by atoms with Gasteiger partial charge in [-0.05, 0) is 57.4 Å². The molecular weight excluding hydrogens is 256 g/mol. The van der Waals surface area contributed by atoms with Crippen LogP contribution < -0.4 is 0 Å². The molecule has 0 aliphatic carbocycles. The summed E-state index contributed by atoms with van der Waals surface area (Å²) in [6.45, 7) is 5.46. The van der Waals surface area contributed by atoms with E-state index >= 15 is 0 Å². The van der Waals surface area contributed by atoms with Crippen molar-refractivity contribution < 1.29 is 19.4 Å². The molecule has 0 aromatic heterocycles. The second kappa shape index (κ2) is 9.37. The number of ether oxygens (including phenoxy) is 2. The second-order valence-electron chi connectivity index (χ2n) is 4.81. The number of esters is 1. The van der Waals surface area contributed by atoms with E-state index in [-0.39, 0.29) is 17.8 Å². The highest BCUT2D eigenvalue weighted by atomic mass is 16.5. The Morgan fingerprint density at radius 1 is 1.20 bits per heavy atom. The zero-order valence-corrected chi connectivity index (χ0v) is 12.3. The Morgan fingerprint density at radius 3 is 2.55 bits per heavy atom. The molecule has 0 radical (unpaired) electrons. The summed E-state index contributed by atoms with van der Waals surface area (Å²) in [5.41, 5.74) is 0.464. The fraction of sp³-hybridized carbons (Fsp3) is 0.562. The molecule has 0 aliphatic rings. The highest BCUT2D eigenvalue weighted by Gasteiger charge is 2.11. The molecular formula is C16H24O4. The number of phenols is 1. The summed E-state index contributed by atoms with van der Waals surface area (Å²) in [6.07, 6.45) is 3.92. The van der Waals surface area contributed by atoms with Gasteiger partial charge in [0, 0.05) is 13.2 Å². The van der Waals surface area contributed by atoms with Crippen LogP contribution in [0.25, 0.3) is 0 Å². The topological polar surface area (TPSA) is 55.8 Å². The zero-order valence-electron chi connectivity index (χ0n) is 12.3. The van der Waals surface area contributed by atoms with E-state index in [1.54, 1.807) is 12.1 Å². The molecule has 112 valence electrons. The summed E-state index contributed by atoms with van der Waals surface area (Å²) < 4.78 is 10.6. The van der Waals surface area contributed by atoms with E-state index in [1.807, 2.05) is 13.8 Å². The molecule has 1 rings (SSSR count). The Bertz CT molecular complexity index is 386. The molecule has 1 aromatic carbocycles. The van der Waals surface area contributed by atoms with Crippen LogP contribution in [-0.2, 0) is 9.47 Å². The van der Waals surface area contributed by atoms with Crippen molar-refractivity contribution in [3.05, 3.63) is 29.8 Å². The fourth-order valence-corrected chi connectivity index (χ4v) is 1.86. The first-order valence-corrected chi connectivity index (χ1v) is 7.21. The highest BCUT2D eigenvalue weighted by molar-refractivity contribution is 5.89. The molecule has 1 N–H and O–H groups in total. The summed E-state index contributed by atoms with van der Waals surface area (Å²) >= 11 is 0. The van der Waals surface area contributed by atoms with E-state index in [1.165, 1.54) is 12.1 Å². The Labute approximate surface area is 120 Å². The SMILES string of the molecule is CCOCCCCC[C@H](C)OC(=O)c1ccc(O)cc1. The first-order chi connectivity index (χ1) is 9.63. The van der Waals surface area contributed by atoms with Crippen molar-refractivity contribution in [3.8, 4) is 5.75 Å². The van der Waals surface area contributed by atoms with Crippen molar-refractivity contribution in [2.75, 3.05) is 13.2 Å². The lowest BCUT2D eigenvalue weighted by Gasteiger charge is -2.13. The van der Waals surface area contributed by atoms with Gasteiger partial charge in [0.2, 0.25) is 0 Å². The molecule has 4 nitrogen and oxygen atoms in total. The number of rotatable bonds is 9. The number of phenolic OH excluding ortho intramolecular Hbond substituents is 1. The Balaban J connectivity index is 2.19. The smallest absolute Gasteiger partial charge is 0.338 e. The summed E-state index contributed by atoms with van der Waals surface area (Å²) in [7, 11) is 0. The van der Waals surface area contributed by atoms with Gasteiger partial charge in [0.15, 0.2) is 0 Å². The first kappa shape index (κ1) is 16.5. The van der Waals surface area contributed by atoms with Crippen LogP contribution in [0.2, 0.25) is 0 Å². The third-order valence-corrected chi connectivity index (χ3v) is 3.01. The van der Waals surface area contributed by atoms with Gasteiger partial charge in [0.25, 0.3) is 0 Å². The molecule has 0 spiro atoms. The van der Waals surface area contributed by atoms with Crippen molar-refractivity contribution >= 4 is 5.97 Å². The Morgan fingerprint density at radius 2 is 1.90 bits per heavy atom. The largest absolute Gasteiger partial charge is 0.508 e. The maximum absolute atomic E-state index is 11.8. The summed E-state index contributed by atoms with van der Waals surface area (Å²) in [4.78, 5) is 11.8. The molecule has 0 bridgehead atoms. The highest BCUT2D eigenvalue weighted by Crippen LogP contribution is 2.13. The Kier molecular flexibility index (Phi) is 7.73. The third kappa shape index (κ3) is 6.57. The van der Waals surface area contributed by atoms with Gasteiger partial charge < -0.3 is 14.6 Å². The lowest BCUT2D eigenvalue weighted by atomic mass is 10.1. The number of carbonyl (C=O) groups excluding carboxylic acids is 1. The predicted molar refractivity (Wildman–Crippen MR) is 77.9 cm³/mol. The molecule has 1 aromatic rings. The molecule has 0 aliphatic heterocycles. The second-order valence-corrected chi connectivity index (χ2v) is 4.81. The number of hydrogen-bond acceptors (Lipinski definition) is 4. The maximum Gasteiger partial charge on any atom is 0.338 e. The van der Waals surface area contributed by atoms with Crippen LogP contribution in [0.4, 0.5) is 0 Å². The van der Waals surface area contributed by atoms with Crippen molar-refractivity contribution in [1.82, 2.24) is 0 Å². The number of benzene rings is 1. The monoisotopic (exact) mass is 280 g/mol. The lowest BCUT2D eigenvalue weighted by Crippen LogP contribution is -2.15. The molecule has 0 saturated heterocycles. The third-order valence-electron chi connectivity index (χ3n) is 3.01. The molecule has 4 heteroatoms. The number of carbonyl (C=O) groups is 1. The van der Waals surface area contributed by atoms with Gasteiger partial charge in [-0.3, -0.25) is 0 Å². The predicted octanol–water partition coefficient (Wildman–Crippen LogP) is 3.53.